The predicted molar refractivity (Wildman–Crippen MR) is 141 cm³/mol. The molecule has 2 aliphatic heterocycles. The van der Waals surface area contributed by atoms with Gasteiger partial charge in [-0.05, 0) is 38.4 Å². The smallest absolute Gasteiger partial charge is 0.128 e. The molecule has 186 valence electrons. The van der Waals surface area contributed by atoms with E-state index in [0.717, 1.165) is 103 Å². The monoisotopic (exact) mass is 466 g/mol. The molecule has 34 heavy (non-hydrogen) atoms. The van der Waals surface area contributed by atoms with Crippen molar-refractivity contribution >= 4 is 11.6 Å². The summed E-state index contributed by atoms with van der Waals surface area (Å²) in [6.45, 7) is 15.1. The quantitative estimate of drug-likeness (QED) is 0.653. The van der Waals surface area contributed by atoms with Gasteiger partial charge in [-0.25, -0.2) is 9.97 Å². The van der Waals surface area contributed by atoms with Crippen LogP contribution >= 0.6 is 0 Å². The van der Waals surface area contributed by atoms with Gasteiger partial charge in [-0.2, -0.15) is 0 Å². The highest BCUT2D eigenvalue weighted by Gasteiger charge is 2.19. The van der Waals surface area contributed by atoms with Crippen LogP contribution in [0.3, 0.4) is 0 Å². The van der Waals surface area contributed by atoms with E-state index in [4.69, 9.17) is 0 Å². The summed E-state index contributed by atoms with van der Waals surface area (Å²) in [6, 6.07) is 12.4. The molecule has 4 rings (SSSR count). The minimum absolute atomic E-state index is 1.03. The van der Waals surface area contributed by atoms with Gasteiger partial charge < -0.3 is 19.6 Å². The number of likely N-dealkylation sites (N-methyl/N-ethyl adjacent to an activating group) is 2. The first kappa shape index (κ1) is 24.9. The van der Waals surface area contributed by atoms with Crippen molar-refractivity contribution in [2.45, 2.75) is 0 Å². The lowest BCUT2D eigenvalue weighted by Gasteiger charge is -2.30. The minimum atomic E-state index is 1.03. The molecule has 2 fully saturated rings. The Bertz CT molecular complexity index is 751. The van der Waals surface area contributed by atoms with Crippen molar-refractivity contribution in [2.75, 3.05) is 116 Å². The zero-order chi connectivity index (χ0) is 23.6. The Hall–Kier alpha value is -2.26. The number of pyridine rings is 2. The van der Waals surface area contributed by atoms with E-state index >= 15 is 0 Å². The van der Waals surface area contributed by atoms with E-state index in [-0.39, 0.29) is 0 Å². The van der Waals surface area contributed by atoms with Crippen LogP contribution in [0.25, 0.3) is 0 Å². The third-order valence-electron chi connectivity index (χ3n) is 7.15. The molecule has 0 amide bonds. The van der Waals surface area contributed by atoms with Crippen LogP contribution in [0.2, 0.25) is 0 Å². The molecular weight excluding hydrogens is 424 g/mol. The molecule has 4 heterocycles. The lowest BCUT2D eigenvalue weighted by Crippen LogP contribution is -2.43. The first-order valence-electron chi connectivity index (χ1n) is 12.8. The van der Waals surface area contributed by atoms with Crippen LogP contribution < -0.4 is 9.80 Å². The van der Waals surface area contributed by atoms with Crippen LogP contribution in [0.4, 0.5) is 11.6 Å². The molecule has 2 saturated heterocycles. The molecule has 0 spiro atoms. The van der Waals surface area contributed by atoms with Crippen molar-refractivity contribution in [2.24, 2.45) is 0 Å². The second kappa shape index (κ2) is 13.0. The van der Waals surface area contributed by atoms with Gasteiger partial charge in [0.2, 0.25) is 0 Å². The molecule has 0 unspecified atom stereocenters. The average Bonchev–Trinajstić information content (AvgIpc) is 3.03. The van der Waals surface area contributed by atoms with Crippen LogP contribution in [0.1, 0.15) is 0 Å². The van der Waals surface area contributed by atoms with Gasteiger partial charge in [-0.15, -0.1) is 0 Å². The zero-order valence-electron chi connectivity index (χ0n) is 21.1. The molecule has 0 N–H and O–H groups in total. The Labute approximate surface area is 205 Å². The van der Waals surface area contributed by atoms with Gasteiger partial charge in [0.25, 0.3) is 0 Å². The normalized spacial score (nSPS) is 21.2. The van der Waals surface area contributed by atoms with Crippen molar-refractivity contribution in [3.8, 4) is 0 Å². The molecule has 0 radical (unpaired) electrons. The summed E-state index contributed by atoms with van der Waals surface area (Å²) >= 11 is 0. The van der Waals surface area contributed by atoms with Crippen LogP contribution in [-0.4, -0.2) is 135 Å². The first-order valence-corrected chi connectivity index (χ1v) is 12.8. The molecule has 2 aromatic rings. The molecule has 8 heteroatoms. The van der Waals surface area contributed by atoms with Gasteiger partial charge in [-0.1, -0.05) is 12.1 Å². The van der Waals surface area contributed by atoms with E-state index in [1.165, 1.54) is 0 Å². The fourth-order valence-corrected chi connectivity index (χ4v) is 4.67. The summed E-state index contributed by atoms with van der Waals surface area (Å²) in [5.41, 5.74) is 0. The Morgan fingerprint density at radius 3 is 1.32 bits per heavy atom. The number of hydrogen-bond donors (Lipinski definition) is 0. The fraction of sp³-hybridized carbons (Fsp3) is 0.615. The van der Waals surface area contributed by atoms with E-state index < -0.39 is 0 Å². The van der Waals surface area contributed by atoms with Crippen molar-refractivity contribution < 1.29 is 0 Å². The van der Waals surface area contributed by atoms with E-state index in [2.05, 4.69) is 77.7 Å². The highest BCUT2D eigenvalue weighted by Crippen LogP contribution is 2.12. The number of anilines is 2. The lowest BCUT2D eigenvalue weighted by molar-refractivity contribution is 0.186. The molecule has 0 saturated carbocycles. The predicted octanol–water partition coefficient (Wildman–Crippen LogP) is 1.28. The largest absolute Gasteiger partial charge is 0.354 e. The average molecular weight is 467 g/mol. The maximum atomic E-state index is 4.61. The van der Waals surface area contributed by atoms with E-state index in [9.17, 15) is 0 Å². The van der Waals surface area contributed by atoms with Crippen molar-refractivity contribution in [3.63, 3.8) is 0 Å². The number of hydrogen-bond acceptors (Lipinski definition) is 8. The minimum Gasteiger partial charge on any atom is -0.354 e. The van der Waals surface area contributed by atoms with Crippen molar-refractivity contribution in [3.05, 3.63) is 48.8 Å². The Kier molecular flexibility index (Phi) is 9.50. The summed E-state index contributed by atoms with van der Waals surface area (Å²) in [5.74, 6) is 2.19. The van der Waals surface area contributed by atoms with Crippen LogP contribution in [0, 0.1) is 0 Å². The summed E-state index contributed by atoms with van der Waals surface area (Å²) in [4.78, 5) is 24.3. The fourth-order valence-electron chi connectivity index (χ4n) is 4.67. The molecular formula is C26H42N8. The van der Waals surface area contributed by atoms with Crippen molar-refractivity contribution in [1.82, 2.24) is 29.6 Å². The molecule has 8 nitrogen and oxygen atoms in total. The standard InChI is InChI=1S/C26H42N8/c1-29-11-15-31(19-23-33(21-13-29)25-7-3-5-9-27-25)17-18-32-16-12-30(2)14-22-34(24-20-32)26-8-4-6-10-28-26/h3-10H,11-24H2,1-2H3. The Morgan fingerprint density at radius 1 is 0.529 bits per heavy atom. The van der Waals surface area contributed by atoms with E-state index in [1.807, 2.05) is 24.5 Å². The molecule has 2 aromatic heterocycles. The van der Waals surface area contributed by atoms with E-state index in [0.29, 0.717) is 0 Å². The molecule has 0 aromatic carbocycles. The highest BCUT2D eigenvalue weighted by molar-refractivity contribution is 5.38. The third kappa shape index (κ3) is 7.63. The van der Waals surface area contributed by atoms with Gasteiger partial charge in [-0.3, -0.25) is 9.80 Å². The Balaban J connectivity index is 1.34. The summed E-state index contributed by atoms with van der Waals surface area (Å²) in [7, 11) is 4.48. The molecule has 0 atom stereocenters. The van der Waals surface area contributed by atoms with Gasteiger partial charge in [0.15, 0.2) is 0 Å². The third-order valence-corrected chi connectivity index (χ3v) is 7.15. The second-order valence-electron chi connectivity index (χ2n) is 9.64. The number of nitrogens with zero attached hydrogens (tertiary/aromatic N) is 8. The molecule has 0 aliphatic carbocycles. The summed E-state index contributed by atoms with van der Waals surface area (Å²) in [6.07, 6.45) is 3.80. The first-order chi connectivity index (χ1) is 16.7. The van der Waals surface area contributed by atoms with Crippen LogP contribution in [-0.2, 0) is 0 Å². The molecule has 0 bridgehead atoms. The second-order valence-corrected chi connectivity index (χ2v) is 9.64. The topological polar surface area (TPSA) is 45.2 Å². The maximum absolute atomic E-state index is 4.61. The highest BCUT2D eigenvalue weighted by atomic mass is 15.3. The van der Waals surface area contributed by atoms with Gasteiger partial charge in [0.1, 0.15) is 11.6 Å². The number of rotatable bonds is 5. The van der Waals surface area contributed by atoms with Crippen LogP contribution in [0.5, 0.6) is 0 Å². The van der Waals surface area contributed by atoms with Crippen LogP contribution in [0.15, 0.2) is 48.8 Å². The van der Waals surface area contributed by atoms with Gasteiger partial charge >= 0.3 is 0 Å². The summed E-state index contributed by atoms with van der Waals surface area (Å²) in [5, 5.41) is 0. The number of aromatic nitrogens is 2. The molecule has 2 aliphatic rings. The maximum Gasteiger partial charge on any atom is 0.128 e. The SMILES string of the molecule is CN1CCN(CCN2CCN(C)CCN(c3ccccn3)CC2)CCN(c2ccccn2)CC1. The van der Waals surface area contributed by atoms with Crippen molar-refractivity contribution in [1.29, 1.82) is 0 Å². The summed E-state index contributed by atoms with van der Waals surface area (Å²) < 4.78 is 0. The lowest BCUT2D eigenvalue weighted by atomic mass is 10.3. The van der Waals surface area contributed by atoms with Gasteiger partial charge in [0.05, 0.1) is 0 Å². The zero-order valence-corrected chi connectivity index (χ0v) is 21.1. The van der Waals surface area contributed by atoms with Gasteiger partial charge in [0, 0.05) is 104 Å². The Morgan fingerprint density at radius 2 is 0.912 bits per heavy atom. The van der Waals surface area contributed by atoms with E-state index in [1.54, 1.807) is 0 Å².